The van der Waals surface area contributed by atoms with Crippen molar-refractivity contribution < 1.29 is 0 Å². The van der Waals surface area contributed by atoms with Crippen molar-refractivity contribution in [3.05, 3.63) is 40.4 Å². The zero-order chi connectivity index (χ0) is 17.5. The molecule has 0 spiro atoms. The molecule has 2 saturated carbocycles. The van der Waals surface area contributed by atoms with Crippen molar-refractivity contribution in [3.63, 3.8) is 0 Å². The maximum atomic E-state index is 6.60. The minimum atomic E-state index is 0.647. The quantitative estimate of drug-likeness (QED) is 0.584. The van der Waals surface area contributed by atoms with Crippen LogP contribution in [0.3, 0.4) is 0 Å². The number of hydrogen-bond donors (Lipinski definition) is 1. The molecule has 1 atom stereocenters. The fourth-order valence-corrected chi connectivity index (χ4v) is 5.20. The van der Waals surface area contributed by atoms with E-state index in [-0.39, 0.29) is 0 Å². The van der Waals surface area contributed by atoms with E-state index >= 15 is 0 Å². The van der Waals surface area contributed by atoms with E-state index in [9.17, 15) is 0 Å². The number of benzene rings is 1. The Bertz CT molecular complexity index is 553. The summed E-state index contributed by atoms with van der Waals surface area (Å²) in [5.74, 6) is 2.15. The molecule has 0 bridgehead atoms. The van der Waals surface area contributed by atoms with Gasteiger partial charge in [-0.25, -0.2) is 0 Å². The number of halogens is 1. The summed E-state index contributed by atoms with van der Waals surface area (Å²) in [5, 5.41) is 0.955. The highest BCUT2D eigenvalue weighted by atomic mass is 35.5. The summed E-state index contributed by atoms with van der Waals surface area (Å²) in [7, 11) is 0. The zero-order valence-electron chi connectivity index (χ0n) is 15.6. The topological polar surface area (TPSA) is 26.0 Å². The van der Waals surface area contributed by atoms with Crippen LogP contribution in [0.15, 0.2) is 24.3 Å². The number of allylic oxidation sites excluding steroid dienone is 1. The van der Waals surface area contributed by atoms with Gasteiger partial charge in [-0.2, -0.15) is 0 Å². The van der Waals surface area contributed by atoms with Gasteiger partial charge in [0.15, 0.2) is 0 Å². The molecule has 2 aliphatic carbocycles. The molecule has 0 aromatic heterocycles. The van der Waals surface area contributed by atoms with E-state index in [0.29, 0.717) is 11.8 Å². The second-order valence-electron chi connectivity index (χ2n) is 8.15. The molecule has 1 nitrogen and oxygen atoms in total. The summed E-state index contributed by atoms with van der Waals surface area (Å²) >= 11 is 6.60. The van der Waals surface area contributed by atoms with Gasteiger partial charge < -0.3 is 5.73 Å². The molecule has 138 valence electrons. The lowest BCUT2D eigenvalue weighted by Gasteiger charge is -2.28. The third-order valence-corrected chi connectivity index (χ3v) is 6.77. The van der Waals surface area contributed by atoms with Gasteiger partial charge in [0.25, 0.3) is 0 Å². The van der Waals surface area contributed by atoms with Gasteiger partial charge in [0, 0.05) is 5.02 Å². The molecule has 25 heavy (non-hydrogen) atoms. The Morgan fingerprint density at radius 1 is 1.00 bits per heavy atom. The molecular weight excluding hydrogens is 326 g/mol. The van der Waals surface area contributed by atoms with Crippen molar-refractivity contribution >= 4 is 17.7 Å². The van der Waals surface area contributed by atoms with Crippen molar-refractivity contribution in [2.45, 2.75) is 76.5 Å². The standard InChI is InChI=1S/C23H34ClN/c24-23-16-18(14-15-22(23)20-11-5-2-6-12-20)8-7-13-21(17-25)19-9-3-1-4-10-19/h7-8,14-16,19-21H,1-6,9-13,17,25H2/b8-7-. The van der Waals surface area contributed by atoms with Crippen molar-refractivity contribution in [1.82, 2.24) is 0 Å². The Labute approximate surface area is 159 Å². The molecule has 0 radical (unpaired) electrons. The number of nitrogens with two attached hydrogens (primary N) is 1. The van der Waals surface area contributed by atoms with Crippen LogP contribution < -0.4 is 5.73 Å². The molecule has 0 saturated heterocycles. The molecule has 2 N–H and O–H groups in total. The van der Waals surface area contributed by atoms with Crippen LogP contribution in [0.4, 0.5) is 0 Å². The van der Waals surface area contributed by atoms with E-state index < -0.39 is 0 Å². The maximum Gasteiger partial charge on any atom is 0.0446 e. The molecule has 0 heterocycles. The van der Waals surface area contributed by atoms with Gasteiger partial charge in [-0.15, -0.1) is 0 Å². The first kappa shape index (κ1) is 19.0. The van der Waals surface area contributed by atoms with Crippen LogP contribution >= 0.6 is 11.6 Å². The first-order valence-corrected chi connectivity index (χ1v) is 10.8. The summed E-state index contributed by atoms with van der Waals surface area (Å²) in [6.07, 6.45) is 19.3. The average Bonchev–Trinajstić information content (AvgIpc) is 2.67. The summed E-state index contributed by atoms with van der Waals surface area (Å²) in [4.78, 5) is 0. The molecular formula is C23H34ClN. The van der Waals surface area contributed by atoms with Crippen LogP contribution in [-0.4, -0.2) is 6.54 Å². The lowest BCUT2D eigenvalue weighted by atomic mass is 9.78. The van der Waals surface area contributed by atoms with Gasteiger partial charge in [0.05, 0.1) is 0 Å². The second kappa shape index (κ2) is 9.78. The maximum absolute atomic E-state index is 6.60. The lowest BCUT2D eigenvalue weighted by molar-refractivity contribution is 0.254. The molecule has 0 amide bonds. The number of rotatable bonds is 6. The highest BCUT2D eigenvalue weighted by Gasteiger charge is 2.21. The van der Waals surface area contributed by atoms with E-state index in [1.165, 1.54) is 75.3 Å². The van der Waals surface area contributed by atoms with Gasteiger partial charge in [-0.05, 0) is 60.8 Å². The SMILES string of the molecule is NCC(C/C=C\c1ccc(C2CCCCC2)c(Cl)c1)C1CCCCC1. The molecule has 2 aliphatic rings. The highest BCUT2D eigenvalue weighted by Crippen LogP contribution is 2.37. The van der Waals surface area contributed by atoms with Crippen molar-refractivity contribution in [1.29, 1.82) is 0 Å². The Morgan fingerprint density at radius 3 is 2.32 bits per heavy atom. The lowest BCUT2D eigenvalue weighted by Crippen LogP contribution is -2.24. The first-order valence-electron chi connectivity index (χ1n) is 10.4. The zero-order valence-corrected chi connectivity index (χ0v) is 16.3. The van der Waals surface area contributed by atoms with E-state index in [1.54, 1.807) is 0 Å². The average molecular weight is 360 g/mol. The van der Waals surface area contributed by atoms with Crippen LogP contribution in [0.1, 0.15) is 87.7 Å². The molecule has 3 rings (SSSR count). The van der Waals surface area contributed by atoms with Gasteiger partial charge in [-0.3, -0.25) is 0 Å². The summed E-state index contributed by atoms with van der Waals surface area (Å²) in [6.45, 7) is 0.816. The molecule has 1 aromatic carbocycles. The van der Waals surface area contributed by atoms with Gasteiger partial charge in [0.2, 0.25) is 0 Å². The summed E-state index contributed by atoms with van der Waals surface area (Å²) in [6, 6.07) is 6.66. The molecule has 2 heteroatoms. The number of hydrogen-bond acceptors (Lipinski definition) is 1. The summed E-state index contributed by atoms with van der Waals surface area (Å²) in [5.41, 5.74) is 8.64. The predicted molar refractivity (Wildman–Crippen MR) is 110 cm³/mol. The fraction of sp³-hybridized carbons (Fsp3) is 0.652. The van der Waals surface area contributed by atoms with Gasteiger partial charge in [0.1, 0.15) is 0 Å². The van der Waals surface area contributed by atoms with Crippen LogP contribution in [0.5, 0.6) is 0 Å². The van der Waals surface area contributed by atoms with Crippen LogP contribution in [0.25, 0.3) is 6.08 Å². The second-order valence-corrected chi connectivity index (χ2v) is 8.56. The van der Waals surface area contributed by atoms with Gasteiger partial charge >= 0.3 is 0 Å². The van der Waals surface area contributed by atoms with E-state index in [2.05, 4.69) is 30.4 Å². The van der Waals surface area contributed by atoms with Gasteiger partial charge in [-0.1, -0.05) is 87.3 Å². The van der Waals surface area contributed by atoms with Crippen molar-refractivity contribution in [3.8, 4) is 0 Å². The molecule has 1 unspecified atom stereocenters. The Morgan fingerprint density at radius 2 is 1.68 bits per heavy atom. The van der Waals surface area contributed by atoms with Crippen LogP contribution in [-0.2, 0) is 0 Å². The minimum absolute atomic E-state index is 0.647. The van der Waals surface area contributed by atoms with Crippen molar-refractivity contribution in [2.75, 3.05) is 6.54 Å². The van der Waals surface area contributed by atoms with E-state index in [0.717, 1.165) is 23.9 Å². The smallest absolute Gasteiger partial charge is 0.0446 e. The third kappa shape index (κ3) is 5.34. The molecule has 1 aromatic rings. The molecule has 0 aliphatic heterocycles. The monoisotopic (exact) mass is 359 g/mol. The highest BCUT2D eigenvalue weighted by molar-refractivity contribution is 6.31. The Hall–Kier alpha value is -0.790. The summed E-state index contributed by atoms with van der Waals surface area (Å²) < 4.78 is 0. The predicted octanol–water partition coefficient (Wildman–Crippen LogP) is 6.95. The first-order chi connectivity index (χ1) is 12.3. The minimum Gasteiger partial charge on any atom is -0.330 e. The van der Waals surface area contributed by atoms with E-state index in [1.807, 2.05) is 0 Å². The Kier molecular flexibility index (Phi) is 7.43. The fourth-order valence-electron chi connectivity index (χ4n) is 4.86. The normalized spacial score (nSPS) is 21.7. The third-order valence-electron chi connectivity index (χ3n) is 6.44. The van der Waals surface area contributed by atoms with E-state index in [4.69, 9.17) is 17.3 Å². The largest absolute Gasteiger partial charge is 0.330 e. The Balaban J connectivity index is 1.58. The molecule has 2 fully saturated rings. The van der Waals surface area contributed by atoms with Crippen LogP contribution in [0.2, 0.25) is 5.02 Å². The van der Waals surface area contributed by atoms with Crippen molar-refractivity contribution in [2.24, 2.45) is 17.6 Å². The van der Waals surface area contributed by atoms with Crippen LogP contribution in [0, 0.1) is 11.8 Å².